The highest BCUT2D eigenvalue weighted by molar-refractivity contribution is 5.82. The van der Waals surface area contributed by atoms with Gasteiger partial charge in [-0.15, -0.1) is 0 Å². The Kier molecular flexibility index (Phi) is 5.16. The molecule has 3 rings (SSSR count). The van der Waals surface area contributed by atoms with E-state index < -0.39 is 5.60 Å². The molecule has 1 amide bonds. The Labute approximate surface area is 158 Å². The lowest BCUT2D eigenvalue weighted by atomic mass is 10.1. The van der Waals surface area contributed by atoms with E-state index >= 15 is 0 Å². The zero-order chi connectivity index (χ0) is 19.6. The quantitative estimate of drug-likeness (QED) is 0.889. The zero-order valence-corrected chi connectivity index (χ0v) is 15.9. The number of aryl methyl sites for hydroxylation is 1. The lowest BCUT2D eigenvalue weighted by Gasteiger charge is -2.29. The molecule has 0 saturated carbocycles. The molecule has 0 aliphatic carbocycles. The highest BCUT2D eigenvalue weighted by Gasteiger charge is 2.30. The van der Waals surface area contributed by atoms with E-state index in [0.29, 0.717) is 43.9 Å². The van der Waals surface area contributed by atoms with Crippen molar-refractivity contribution in [3.05, 3.63) is 41.3 Å². The summed E-state index contributed by atoms with van der Waals surface area (Å²) in [6.45, 7) is 6.26. The third kappa shape index (κ3) is 4.45. The molecule has 2 aromatic rings. The molecule has 2 aromatic heterocycles. The number of rotatable bonds is 3. The van der Waals surface area contributed by atoms with Crippen molar-refractivity contribution in [3.8, 4) is 0 Å². The van der Waals surface area contributed by atoms with Gasteiger partial charge in [-0.2, -0.15) is 9.78 Å². The second-order valence-corrected chi connectivity index (χ2v) is 7.62. The van der Waals surface area contributed by atoms with Crippen LogP contribution in [-0.4, -0.2) is 43.8 Å². The van der Waals surface area contributed by atoms with Gasteiger partial charge in [0.15, 0.2) is 0 Å². The molecule has 2 N–H and O–H groups in total. The SMILES string of the molecule is CC(C)(C)OC(=O)N1CCc2c(nn(C(=O)CCc3ccncc3)c2N)C1. The van der Waals surface area contributed by atoms with Crippen LogP contribution in [0.15, 0.2) is 24.5 Å². The summed E-state index contributed by atoms with van der Waals surface area (Å²) < 4.78 is 6.68. The number of anilines is 1. The maximum Gasteiger partial charge on any atom is 0.410 e. The highest BCUT2D eigenvalue weighted by atomic mass is 16.6. The van der Waals surface area contributed by atoms with Gasteiger partial charge in [-0.25, -0.2) is 4.79 Å². The number of nitrogens with zero attached hydrogens (tertiary/aromatic N) is 4. The first kappa shape index (κ1) is 18.9. The average molecular weight is 371 g/mol. The second kappa shape index (κ2) is 7.38. The van der Waals surface area contributed by atoms with Gasteiger partial charge in [0.2, 0.25) is 5.91 Å². The molecule has 8 heteroatoms. The number of hydrogen-bond donors (Lipinski definition) is 1. The molecule has 144 valence electrons. The lowest BCUT2D eigenvalue weighted by Crippen LogP contribution is -2.39. The van der Waals surface area contributed by atoms with Gasteiger partial charge < -0.3 is 15.4 Å². The van der Waals surface area contributed by atoms with Crippen molar-refractivity contribution >= 4 is 17.8 Å². The van der Waals surface area contributed by atoms with E-state index in [1.165, 1.54) is 4.68 Å². The van der Waals surface area contributed by atoms with Crippen LogP contribution >= 0.6 is 0 Å². The Bertz CT molecular complexity index is 839. The summed E-state index contributed by atoms with van der Waals surface area (Å²) >= 11 is 0. The van der Waals surface area contributed by atoms with Crippen LogP contribution < -0.4 is 5.73 Å². The molecule has 0 radical (unpaired) electrons. The van der Waals surface area contributed by atoms with Crippen LogP contribution in [0, 0.1) is 0 Å². The van der Waals surface area contributed by atoms with E-state index in [9.17, 15) is 9.59 Å². The number of nitrogens with two attached hydrogens (primary N) is 1. The number of carbonyl (C=O) groups is 2. The molecular weight excluding hydrogens is 346 g/mol. The summed E-state index contributed by atoms with van der Waals surface area (Å²) in [6.07, 6.45) is 4.46. The normalized spacial score (nSPS) is 14.0. The molecule has 0 spiro atoms. The van der Waals surface area contributed by atoms with Gasteiger partial charge in [-0.05, 0) is 51.3 Å². The maximum atomic E-state index is 12.6. The summed E-state index contributed by atoms with van der Waals surface area (Å²) in [4.78, 5) is 30.4. The molecule has 1 aliphatic rings. The number of aromatic nitrogens is 3. The van der Waals surface area contributed by atoms with Crippen molar-refractivity contribution in [2.75, 3.05) is 12.3 Å². The number of amides is 1. The Morgan fingerprint density at radius 2 is 1.96 bits per heavy atom. The minimum atomic E-state index is -0.557. The lowest BCUT2D eigenvalue weighted by molar-refractivity contribution is 0.0221. The van der Waals surface area contributed by atoms with Crippen molar-refractivity contribution in [2.45, 2.75) is 52.2 Å². The summed E-state index contributed by atoms with van der Waals surface area (Å²) in [5.74, 6) is 0.205. The van der Waals surface area contributed by atoms with Gasteiger partial charge in [0, 0.05) is 30.9 Å². The first-order valence-corrected chi connectivity index (χ1v) is 9.01. The van der Waals surface area contributed by atoms with Crippen molar-refractivity contribution in [1.29, 1.82) is 0 Å². The Hall–Kier alpha value is -2.90. The Balaban J connectivity index is 1.69. The number of carbonyl (C=O) groups excluding carboxylic acids is 2. The van der Waals surface area contributed by atoms with E-state index in [-0.39, 0.29) is 12.0 Å². The van der Waals surface area contributed by atoms with Crippen molar-refractivity contribution in [1.82, 2.24) is 19.7 Å². The fourth-order valence-electron chi connectivity index (χ4n) is 3.00. The number of hydrogen-bond acceptors (Lipinski definition) is 6. The smallest absolute Gasteiger partial charge is 0.410 e. The zero-order valence-electron chi connectivity index (χ0n) is 15.9. The second-order valence-electron chi connectivity index (χ2n) is 7.62. The third-order valence-corrected chi connectivity index (χ3v) is 4.34. The molecule has 3 heterocycles. The molecule has 27 heavy (non-hydrogen) atoms. The van der Waals surface area contributed by atoms with Crippen LogP contribution in [0.2, 0.25) is 0 Å². The van der Waals surface area contributed by atoms with Crippen molar-refractivity contribution < 1.29 is 14.3 Å². The summed E-state index contributed by atoms with van der Waals surface area (Å²) in [6, 6.07) is 3.76. The van der Waals surface area contributed by atoms with E-state index in [1.54, 1.807) is 17.3 Å². The summed E-state index contributed by atoms with van der Waals surface area (Å²) in [7, 11) is 0. The summed E-state index contributed by atoms with van der Waals surface area (Å²) in [5, 5.41) is 4.37. The van der Waals surface area contributed by atoms with E-state index in [1.807, 2.05) is 32.9 Å². The minimum Gasteiger partial charge on any atom is -0.444 e. The molecular formula is C19H25N5O3. The predicted molar refractivity (Wildman–Crippen MR) is 100 cm³/mol. The number of fused-ring (bicyclic) bond motifs is 1. The maximum absolute atomic E-state index is 12.6. The first-order valence-electron chi connectivity index (χ1n) is 9.01. The molecule has 0 fully saturated rings. The number of pyridine rings is 1. The van der Waals surface area contributed by atoms with Gasteiger partial charge in [0.05, 0.1) is 12.2 Å². The van der Waals surface area contributed by atoms with Gasteiger partial charge in [-0.1, -0.05) is 0 Å². The fourth-order valence-corrected chi connectivity index (χ4v) is 3.00. The number of nitrogen functional groups attached to an aromatic ring is 1. The van der Waals surface area contributed by atoms with Gasteiger partial charge in [-0.3, -0.25) is 9.78 Å². The van der Waals surface area contributed by atoms with Crippen LogP contribution in [0.1, 0.15) is 48.8 Å². The van der Waals surface area contributed by atoms with Crippen molar-refractivity contribution in [2.24, 2.45) is 0 Å². The van der Waals surface area contributed by atoms with Gasteiger partial charge in [0.25, 0.3) is 0 Å². The highest BCUT2D eigenvalue weighted by Crippen LogP contribution is 2.25. The molecule has 0 bridgehead atoms. The van der Waals surface area contributed by atoms with Crippen molar-refractivity contribution in [3.63, 3.8) is 0 Å². The van der Waals surface area contributed by atoms with Crippen LogP contribution in [0.3, 0.4) is 0 Å². The van der Waals surface area contributed by atoms with Crippen LogP contribution in [0.5, 0.6) is 0 Å². The topological polar surface area (TPSA) is 103 Å². The van der Waals surface area contributed by atoms with Gasteiger partial charge in [0.1, 0.15) is 11.4 Å². The fraction of sp³-hybridized carbons (Fsp3) is 0.474. The molecule has 0 aromatic carbocycles. The van der Waals surface area contributed by atoms with Crippen LogP contribution in [0.25, 0.3) is 0 Å². The Morgan fingerprint density at radius 3 is 2.63 bits per heavy atom. The van der Waals surface area contributed by atoms with E-state index in [0.717, 1.165) is 11.1 Å². The minimum absolute atomic E-state index is 0.164. The van der Waals surface area contributed by atoms with E-state index in [2.05, 4.69) is 10.1 Å². The largest absolute Gasteiger partial charge is 0.444 e. The Morgan fingerprint density at radius 1 is 1.26 bits per heavy atom. The number of ether oxygens (including phenoxy) is 1. The molecule has 1 aliphatic heterocycles. The molecule has 0 unspecified atom stereocenters. The van der Waals surface area contributed by atoms with Crippen LogP contribution in [-0.2, 0) is 24.1 Å². The molecule has 0 atom stereocenters. The third-order valence-electron chi connectivity index (χ3n) is 4.34. The van der Waals surface area contributed by atoms with Gasteiger partial charge >= 0.3 is 6.09 Å². The average Bonchev–Trinajstić information content (AvgIpc) is 2.95. The van der Waals surface area contributed by atoms with E-state index in [4.69, 9.17) is 10.5 Å². The monoisotopic (exact) mass is 371 g/mol. The molecule has 8 nitrogen and oxygen atoms in total. The van der Waals surface area contributed by atoms with Crippen LogP contribution in [0.4, 0.5) is 10.6 Å². The molecule has 0 saturated heterocycles. The first-order chi connectivity index (χ1) is 12.7. The summed E-state index contributed by atoms with van der Waals surface area (Å²) in [5.41, 5.74) is 8.12. The standard InChI is InChI=1S/C19H25N5O3/c1-19(2,3)27-18(26)23-11-8-14-15(12-23)22-24(17(14)20)16(25)5-4-13-6-9-21-10-7-13/h6-7,9-10H,4-5,8,11-12,20H2,1-3H3. The predicted octanol–water partition coefficient (Wildman–Crippen LogP) is 2.43.